The quantitative estimate of drug-likeness (QED) is 0.891. The summed E-state index contributed by atoms with van der Waals surface area (Å²) < 4.78 is 38.3. The minimum absolute atomic E-state index is 0.196. The maximum absolute atomic E-state index is 12.8. The predicted octanol–water partition coefficient (Wildman–Crippen LogP) is 4.07. The van der Waals surface area contributed by atoms with Gasteiger partial charge in [0, 0.05) is 28.0 Å². The van der Waals surface area contributed by atoms with Gasteiger partial charge in [0.2, 0.25) is 0 Å². The van der Waals surface area contributed by atoms with Crippen molar-refractivity contribution in [2.45, 2.75) is 36.1 Å². The van der Waals surface area contributed by atoms with Crippen LogP contribution in [0.5, 0.6) is 0 Å². The van der Waals surface area contributed by atoms with Crippen LogP contribution < -0.4 is 5.32 Å². The fourth-order valence-electron chi connectivity index (χ4n) is 2.60. The molecule has 0 aliphatic carbocycles. The van der Waals surface area contributed by atoms with E-state index >= 15 is 0 Å². The number of benzene rings is 1. The molecule has 1 saturated heterocycles. The van der Waals surface area contributed by atoms with E-state index in [4.69, 9.17) is 0 Å². The van der Waals surface area contributed by atoms with Crippen LogP contribution in [0.1, 0.15) is 18.1 Å². The topological polar surface area (TPSA) is 12.0 Å². The Balaban J connectivity index is 2.11. The van der Waals surface area contributed by atoms with E-state index in [1.54, 1.807) is 6.07 Å². The third kappa shape index (κ3) is 4.57. The van der Waals surface area contributed by atoms with Crippen LogP contribution in [0.3, 0.4) is 0 Å². The van der Waals surface area contributed by atoms with Gasteiger partial charge in [-0.15, -0.1) is 0 Å². The molecule has 0 bridgehead atoms. The van der Waals surface area contributed by atoms with E-state index in [-0.39, 0.29) is 6.04 Å². The summed E-state index contributed by atoms with van der Waals surface area (Å²) in [5.74, 6) is 2.27. The molecule has 118 valence electrons. The van der Waals surface area contributed by atoms with Crippen molar-refractivity contribution in [3.05, 3.63) is 35.4 Å². The van der Waals surface area contributed by atoms with Crippen LogP contribution in [0.2, 0.25) is 0 Å². The molecule has 1 aromatic rings. The van der Waals surface area contributed by atoms with Gasteiger partial charge < -0.3 is 5.32 Å². The van der Waals surface area contributed by atoms with E-state index in [2.05, 4.69) is 12.2 Å². The predicted molar refractivity (Wildman–Crippen MR) is 86.2 cm³/mol. The van der Waals surface area contributed by atoms with Crippen LogP contribution in [0, 0.1) is 0 Å². The zero-order valence-corrected chi connectivity index (χ0v) is 13.7. The Bertz CT molecular complexity index is 464. The summed E-state index contributed by atoms with van der Waals surface area (Å²) >= 11 is 3.87. The first-order valence-electron chi connectivity index (χ1n) is 6.98. The highest BCUT2D eigenvalue weighted by atomic mass is 32.2. The molecule has 0 radical (unpaired) electrons. The van der Waals surface area contributed by atoms with E-state index in [1.807, 2.05) is 30.6 Å². The minimum Gasteiger partial charge on any atom is -0.316 e. The average Bonchev–Trinajstić information content (AvgIpc) is 2.45. The Labute approximate surface area is 132 Å². The Morgan fingerprint density at radius 3 is 2.62 bits per heavy atom. The summed E-state index contributed by atoms with van der Waals surface area (Å²) in [4.78, 5) is 0. The molecule has 1 aliphatic rings. The van der Waals surface area contributed by atoms with Gasteiger partial charge in [-0.3, -0.25) is 0 Å². The number of rotatable bonds is 4. The molecule has 21 heavy (non-hydrogen) atoms. The standard InChI is InChI=1S/C15H20F3NS2/c1-10-14(21-7-6-20-10)13(19-2)9-11-4-3-5-12(8-11)15(16,17)18/h3-5,8,10,13-14,19H,6-7,9H2,1-2H3. The largest absolute Gasteiger partial charge is 0.416 e. The smallest absolute Gasteiger partial charge is 0.316 e. The molecular formula is C15H20F3NS2. The summed E-state index contributed by atoms with van der Waals surface area (Å²) in [5.41, 5.74) is 0.182. The van der Waals surface area contributed by atoms with Gasteiger partial charge in [-0.2, -0.15) is 36.7 Å². The lowest BCUT2D eigenvalue weighted by atomic mass is 10.00. The van der Waals surface area contributed by atoms with Crippen LogP contribution in [-0.4, -0.2) is 35.1 Å². The molecule has 0 saturated carbocycles. The SMILES string of the molecule is CNC(Cc1cccc(C(F)(F)F)c1)C1SCCSC1C. The van der Waals surface area contributed by atoms with Crippen LogP contribution in [0.4, 0.5) is 13.2 Å². The number of hydrogen-bond acceptors (Lipinski definition) is 3. The molecule has 0 aromatic heterocycles. The van der Waals surface area contributed by atoms with E-state index < -0.39 is 11.7 Å². The lowest BCUT2D eigenvalue weighted by Crippen LogP contribution is -2.44. The number of thioether (sulfide) groups is 2. The highest BCUT2D eigenvalue weighted by molar-refractivity contribution is 8.07. The van der Waals surface area contributed by atoms with Crippen molar-refractivity contribution in [1.82, 2.24) is 5.32 Å². The molecule has 0 spiro atoms. The fraction of sp³-hybridized carbons (Fsp3) is 0.600. The normalized spacial score (nSPS) is 24.8. The Morgan fingerprint density at radius 1 is 1.29 bits per heavy atom. The third-order valence-corrected chi connectivity index (χ3v) is 6.97. The van der Waals surface area contributed by atoms with Crippen molar-refractivity contribution in [1.29, 1.82) is 0 Å². The van der Waals surface area contributed by atoms with Crippen LogP contribution in [-0.2, 0) is 12.6 Å². The number of halogens is 3. The Morgan fingerprint density at radius 2 is 2.00 bits per heavy atom. The molecule has 0 amide bonds. The highest BCUT2D eigenvalue weighted by Crippen LogP contribution is 2.34. The first-order valence-corrected chi connectivity index (χ1v) is 9.08. The molecule has 6 heteroatoms. The maximum atomic E-state index is 12.8. The second-order valence-corrected chi connectivity index (χ2v) is 7.98. The number of alkyl halides is 3. The summed E-state index contributed by atoms with van der Waals surface area (Å²) in [7, 11) is 1.89. The van der Waals surface area contributed by atoms with E-state index in [0.29, 0.717) is 16.9 Å². The molecule has 1 aliphatic heterocycles. The third-order valence-electron chi connectivity index (χ3n) is 3.71. The average molecular weight is 335 g/mol. The summed E-state index contributed by atoms with van der Waals surface area (Å²) in [6.07, 6.45) is -3.64. The fourth-order valence-corrected chi connectivity index (χ4v) is 5.60. The number of nitrogens with one attached hydrogen (secondary N) is 1. The molecule has 3 unspecified atom stereocenters. The number of likely N-dealkylation sites (N-methyl/N-ethyl adjacent to an activating group) is 1. The lowest BCUT2D eigenvalue weighted by Gasteiger charge is -2.34. The van der Waals surface area contributed by atoms with Gasteiger partial charge in [0.15, 0.2) is 0 Å². The van der Waals surface area contributed by atoms with Crippen LogP contribution in [0.25, 0.3) is 0 Å². The van der Waals surface area contributed by atoms with Crippen molar-refractivity contribution < 1.29 is 13.2 Å². The highest BCUT2D eigenvalue weighted by Gasteiger charge is 2.32. The van der Waals surface area contributed by atoms with Crippen molar-refractivity contribution in [3.63, 3.8) is 0 Å². The molecule has 1 aromatic carbocycles. The molecule has 3 atom stereocenters. The molecular weight excluding hydrogens is 315 g/mol. The zero-order chi connectivity index (χ0) is 15.5. The summed E-state index contributed by atoms with van der Waals surface area (Å²) in [6, 6.07) is 5.88. The van der Waals surface area contributed by atoms with Gasteiger partial charge in [-0.25, -0.2) is 0 Å². The van der Waals surface area contributed by atoms with Gasteiger partial charge >= 0.3 is 6.18 Å². The van der Waals surface area contributed by atoms with Gasteiger partial charge in [0.1, 0.15) is 0 Å². The first kappa shape index (κ1) is 17.0. The van der Waals surface area contributed by atoms with Crippen molar-refractivity contribution in [2.24, 2.45) is 0 Å². The molecule has 1 fully saturated rings. The van der Waals surface area contributed by atoms with Crippen molar-refractivity contribution in [2.75, 3.05) is 18.6 Å². The minimum atomic E-state index is -4.27. The van der Waals surface area contributed by atoms with Gasteiger partial charge in [-0.05, 0) is 25.1 Å². The van der Waals surface area contributed by atoms with Crippen molar-refractivity contribution in [3.8, 4) is 0 Å². The second-order valence-electron chi connectivity index (χ2n) is 5.21. The Kier molecular flexibility index (Phi) is 5.91. The number of hydrogen-bond donors (Lipinski definition) is 1. The zero-order valence-electron chi connectivity index (χ0n) is 12.1. The van der Waals surface area contributed by atoms with Gasteiger partial charge in [0.05, 0.1) is 5.56 Å². The molecule has 2 rings (SSSR count). The molecule has 1 N–H and O–H groups in total. The van der Waals surface area contributed by atoms with Crippen molar-refractivity contribution >= 4 is 23.5 Å². The van der Waals surface area contributed by atoms with E-state index in [9.17, 15) is 13.2 Å². The summed E-state index contributed by atoms with van der Waals surface area (Å²) in [6.45, 7) is 2.21. The molecule has 1 heterocycles. The molecule has 1 nitrogen and oxygen atoms in total. The van der Waals surface area contributed by atoms with Crippen LogP contribution in [0.15, 0.2) is 24.3 Å². The second kappa shape index (κ2) is 7.29. The summed E-state index contributed by atoms with van der Waals surface area (Å²) in [5, 5.41) is 4.25. The Hall–Kier alpha value is -0.330. The van der Waals surface area contributed by atoms with E-state index in [0.717, 1.165) is 23.1 Å². The van der Waals surface area contributed by atoms with Gasteiger partial charge in [-0.1, -0.05) is 25.1 Å². The van der Waals surface area contributed by atoms with Gasteiger partial charge in [0.25, 0.3) is 0 Å². The van der Waals surface area contributed by atoms with E-state index in [1.165, 1.54) is 12.1 Å². The lowest BCUT2D eigenvalue weighted by molar-refractivity contribution is -0.137. The monoisotopic (exact) mass is 335 g/mol. The van der Waals surface area contributed by atoms with Crippen LogP contribution >= 0.6 is 23.5 Å². The maximum Gasteiger partial charge on any atom is 0.416 e. The first-order chi connectivity index (χ1) is 9.91.